The van der Waals surface area contributed by atoms with E-state index in [1.54, 1.807) is 11.8 Å². The van der Waals surface area contributed by atoms with E-state index >= 15 is 0 Å². The van der Waals surface area contributed by atoms with Gasteiger partial charge in [-0.3, -0.25) is 0 Å². The van der Waals surface area contributed by atoms with Crippen molar-refractivity contribution in [1.82, 2.24) is 5.32 Å². The van der Waals surface area contributed by atoms with E-state index in [0.29, 0.717) is 6.04 Å². The van der Waals surface area contributed by atoms with Crippen molar-refractivity contribution < 1.29 is 5.11 Å². The van der Waals surface area contributed by atoms with Crippen molar-refractivity contribution in [1.29, 1.82) is 0 Å². The Morgan fingerprint density at radius 2 is 2.36 bits per heavy atom. The first-order valence-electron chi connectivity index (χ1n) is 3.71. The molecule has 1 rings (SSSR count). The average Bonchev–Trinajstić information content (AvgIpc) is 2.07. The second-order valence-corrected chi connectivity index (χ2v) is 3.47. The summed E-state index contributed by atoms with van der Waals surface area (Å²) in [6.45, 7) is 0.275. The summed E-state index contributed by atoms with van der Waals surface area (Å²) in [6.07, 6.45) is 8.10. The van der Waals surface area contributed by atoms with Crippen molar-refractivity contribution in [2.24, 2.45) is 0 Å². The molecule has 0 aromatic carbocycles. The number of thioether (sulfide) groups is 1. The van der Waals surface area contributed by atoms with Crippen LogP contribution in [0.4, 0.5) is 0 Å². The van der Waals surface area contributed by atoms with Crippen molar-refractivity contribution in [3.63, 3.8) is 0 Å². The van der Waals surface area contributed by atoms with Crippen LogP contribution < -0.4 is 5.32 Å². The van der Waals surface area contributed by atoms with Crippen LogP contribution in [0.15, 0.2) is 24.4 Å². The number of dihydropyridines is 1. The Hall–Kier alpha value is -0.410. The van der Waals surface area contributed by atoms with Gasteiger partial charge in [-0.25, -0.2) is 0 Å². The fraction of sp³-hybridized carbons (Fsp3) is 0.500. The smallest absolute Gasteiger partial charge is 0.0532 e. The van der Waals surface area contributed by atoms with E-state index in [1.165, 1.54) is 0 Å². The van der Waals surface area contributed by atoms with Crippen molar-refractivity contribution in [3.05, 3.63) is 24.4 Å². The third-order valence-corrected chi connectivity index (χ3v) is 2.46. The van der Waals surface area contributed by atoms with Crippen LogP contribution in [-0.4, -0.2) is 29.3 Å². The van der Waals surface area contributed by atoms with E-state index < -0.39 is 0 Å². The zero-order valence-corrected chi connectivity index (χ0v) is 7.18. The maximum absolute atomic E-state index is 8.52. The van der Waals surface area contributed by atoms with E-state index in [1.807, 2.05) is 18.4 Å². The molecule has 0 saturated carbocycles. The molecule has 1 heterocycles. The minimum atomic E-state index is 0.275. The van der Waals surface area contributed by atoms with Gasteiger partial charge < -0.3 is 10.4 Å². The number of aliphatic hydroxyl groups excluding tert-OH is 1. The van der Waals surface area contributed by atoms with Gasteiger partial charge >= 0.3 is 0 Å². The molecule has 62 valence electrons. The number of allylic oxidation sites excluding steroid dienone is 2. The quantitative estimate of drug-likeness (QED) is 0.612. The summed E-state index contributed by atoms with van der Waals surface area (Å²) in [4.78, 5) is 0. The van der Waals surface area contributed by atoms with Crippen LogP contribution in [0.1, 0.15) is 0 Å². The van der Waals surface area contributed by atoms with Crippen LogP contribution in [0, 0.1) is 0 Å². The second-order valence-electron chi connectivity index (χ2n) is 2.32. The van der Waals surface area contributed by atoms with Gasteiger partial charge in [-0.2, -0.15) is 11.8 Å². The predicted molar refractivity (Wildman–Crippen MR) is 49.6 cm³/mol. The normalized spacial score (nSPS) is 21.7. The summed E-state index contributed by atoms with van der Waals surface area (Å²) < 4.78 is 0. The highest BCUT2D eigenvalue weighted by Crippen LogP contribution is 2.05. The van der Waals surface area contributed by atoms with Crippen LogP contribution in [0.25, 0.3) is 0 Å². The van der Waals surface area contributed by atoms with E-state index in [-0.39, 0.29) is 6.61 Å². The molecule has 0 bridgehead atoms. The van der Waals surface area contributed by atoms with Gasteiger partial charge in [0, 0.05) is 11.5 Å². The van der Waals surface area contributed by atoms with Crippen LogP contribution >= 0.6 is 11.8 Å². The molecule has 0 fully saturated rings. The number of rotatable bonds is 4. The summed E-state index contributed by atoms with van der Waals surface area (Å²) in [5, 5.41) is 11.7. The van der Waals surface area contributed by atoms with Gasteiger partial charge in [0.05, 0.1) is 12.6 Å². The number of hydrogen-bond donors (Lipinski definition) is 2. The minimum absolute atomic E-state index is 0.275. The van der Waals surface area contributed by atoms with Gasteiger partial charge in [-0.05, 0) is 12.3 Å². The van der Waals surface area contributed by atoms with E-state index in [2.05, 4.69) is 11.4 Å². The molecule has 1 aliphatic heterocycles. The van der Waals surface area contributed by atoms with Crippen LogP contribution in [-0.2, 0) is 0 Å². The fourth-order valence-corrected chi connectivity index (χ4v) is 1.62. The highest BCUT2D eigenvalue weighted by atomic mass is 32.2. The number of nitrogens with one attached hydrogen (secondary N) is 1. The molecule has 0 aromatic rings. The molecule has 3 heteroatoms. The molecule has 0 amide bonds. The lowest BCUT2D eigenvalue weighted by atomic mass is 10.2. The zero-order valence-electron chi connectivity index (χ0n) is 6.36. The molecule has 0 spiro atoms. The largest absolute Gasteiger partial charge is 0.396 e. The summed E-state index contributed by atoms with van der Waals surface area (Å²) in [5.74, 6) is 1.86. The Bertz CT molecular complexity index is 156. The Labute approximate surface area is 71.4 Å². The predicted octanol–water partition coefficient (Wildman–Crippen LogP) is 0.754. The molecule has 2 N–H and O–H groups in total. The van der Waals surface area contributed by atoms with Gasteiger partial charge in [0.1, 0.15) is 0 Å². The molecule has 0 aromatic heterocycles. The van der Waals surface area contributed by atoms with Crippen molar-refractivity contribution >= 4 is 11.8 Å². The maximum Gasteiger partial charge on any atom is 0.0532 e. The SMILES string of the molecule is OCCSCC1C=CC=CN1. The highest BCUT2D eigenvalue weighted by Gasteiger charge is 2.02. The van der Waals surface area contributed by atoms with Crippen LogP contribution in [0.3, 0.4) is 0 Å². The third kappa shape index (κ3) is 3.49. The summed E-state index contributed by atoms with van der Waals surface area (Å²) >= 11 is 1.76. The van der Waals surface area contributed by atoms with Gasteiger partial charge in [0.2, 0.25) is 0 Å². The Kier molecular flexibility index (Phi) is 4.16. The lowest BCUT2D eigenvalue weighted by Crippen LogP contribution is -2.26. The van der Waals surface area contributed by atoms with Gasteiger partial charge in [-0.1, -0.05) is 12.2 Å². The maximum atomic E-state index is 8.52. The Morgan fingerprint density at radius 3 is 3.00 bits per heavy atom. The Morgan fingerprint density at radius 1 is 1.45 bits per heavy atom. The van der Waals surface area contributed by atoms with E-state index in [0.717, 1.165) is 11.5 Å². The molecule has 0 radical (unpaired) electrons. The van der Waals surface area contributed by atoms with Gasteiger partial charge in [0.15, 0.2) is 0 Å². The Balaban J connectivity index is 2.07. The first-order chi connectivity index (χ1) is 5.43. The van der Waals surface area contributed by atoms with E-state index in [9.17, 15) is 0 Å². The molecular weight excluding hydrogens is 158 g/mol. The number of hydrogen-bond acceptors (Lipinski definition) is 3. The number of aliphatic hydroxyl groups is 1. The molecule has 0 saturated heterocycles. The average molecular weight is 171 g/mol. The first kappa shape index (κ1) is 8.68. The molecule has 2 nitrogen and oxygen atoms in total. The lowest BCUT2D eigenvalue weighted by molar-refractivity contribution is 0.322. The van der Waals surface area contributed by atoms with E-state index in [4.69, 9.17) is 5.11 Å². The summed E-state index contributed by atoms with van der Waals surface area (Å²) in [7, 11) is 0. The van der Waals surface area contributed by atoms with Gasteiger partial charge in [0.25, 0.3) is 0 Å². The summed E-state index contributed by atoms with van der Waals surface area (Å²) in [6, 6.07) is 0.441. The standard InChI is InChI=1S/C8H13NOS/c10-5-6-11-7-8-3-1-2-4-9-8/h1-4,8-10H,5-7H2. The monoisotopic (exact) mass is 171 g/mol. The fourth-order valence-electron chi connectivity index (χ4n) is 0.867. The molecular formula is C8H13NOS. The third-order valence-electron chi connectivity index (χ3n) is 1.39. The molecule has 1 unspecified atom stereocenters. The van der Waals surface area contributed by atoms with Crippen LogP contribution in [0.2, 0.25) is 0 Å². The highest BCUT2D eigenvalue weighted by molar-refractivity contribution is 7.99. The van der Waals surface area contributed by atoms with Gasteiger partial charge in [-0.15, -0.1) is 0 Å². The topological polar surface area (TPSA) is 32.3 Å². The molecule has 1 aliphatic rings. The second kappa shape index (κ2) is 5.27. The van der Waals surface area contributed by atoms with Crippen molar-refractivity contribution in [3.8, 4) is 0 Å². The van der Waals surface area contributed by atoms with Crippen LogP contribution in [0.5, 0.6) is 0 Å². The lowest BCUT2D eigenvalue weighted by Gasteiger charge is -2.14. The first-order valence-corrected chi connectivity index (χ1v) is 4.87. The van der Waals surface area contributed by atoms with Crippen molar-refractivity contribution in [2.45, 2.75) is 6.04 Å². The molecule has 1 atom stereocenters. The summed E-state index contributed by atoms with van der Waals surface area (Å²) in [5.41, 5.74) is 0. The molecule has 11 heavy (non-hydrogen) atoms. The zero-order chi connectivity index (χ0) is 7.94. The minimum Gasteiger partial charge on any atom is -0.396 e. The molecule has 0 aliphatic carbocycles. The van der Waals surface area contributed by atoms with Crippen molar-refractivity contribution in [2.75, 3.05) is 18.1 Å².